The summed E-state index contributed by atoms with van der Waals surface area (Å²) < 4.78 is 26.6. The highest BCUT2D eigenvalue weighted by atomic mass is 32.2. The van der Waals surface area contributed by atoms with Crippen molar-refractivity contribution < 1.29 is 23.1 Å². The number of hydrogen-bond acceptors (Lipinski definition) is 4. The summed E-state index contributed by atoms with van der Waals surface area (Å²) in [5.74, 6) is -1.56. The molecule has 154 valence electrons. The molecule has 2 aromatic carbocycles. The smallest absolute Gasteiger partial charge is 0.314 e. The van der Waals surface area contributed by atoms with Crippen LogP contribution in [0.15, 0.2) is 59.5 Å². The van der Waals surface area contributed by atoms with Crippen LogP contribution < -0.4 is 5.32 Å². The summed E-state index contributed by atoms with van der Waals surface area (Å²) in [7, 11) is -3.52. The van der Waals surface area contributed by atoms with Gasteiger partial charge in [-0.3, -0.25) is 9.59 Å². The van der Waals surface area contributed by atoms with Gasteiger partial charge in [-0.2, -0.15) is 4.31 Å². The lowest BCUT2D eigenvalue weighted by Gasteiger charge is -2.24. The second-order valence-electron chi connectivity index (χ2n) is 7.36. The molecule has 3 rings (SSSR count). The number of carbonyl (C=O) groups is 2. The van der Waals surface area contributed by atoms with Gasteiger partial charge in [0.1, 0.15) is 0 Å². The van der Waals surface area contributed by atoms with Gasteiger partial charge in [0.15, 0.2) is 0 Å². The minimum atomic E-state index is -3.52. The predicted molar refractivity (Wildman–Crippen MR) is 109 cm³/mol. The lowest BCUT2D eigenvalue weighted by molar-refractivity contribution is -0.145. The maximum absolute atomic E-state index is 12.6. The zero-order valence-corrected chi connectivity index (χ0v) is 17.0. The Morgan fingerprint density at radius 1 is 1.03 bits per heavy atom. The van der Waals surface area contributed by atoms with Gasteiger partial charge >= 0.3 is 5.97 Å². The highest BCUT2D eigenvalue weighted by molar-refractivity contribution is 7.89. The van der Waals surface area contributed by atoms with Crippen LogP contribution in [0.5, 0.6) is 0 Å². The molecule has 0 bridgehead atoms. The zero-order valence-electron chi connectivity index (χ0n) is 16.2. The van der Waals surface area contributed by atoms with Gasteiger partial charge in [0.05, 0.1) is 10.3 Å². The molecule has 0 spiro atoms. The Morgan fingerprint density at radius 3 is 2.17 bits per heavy atom. The maximum Gasteiger partial charge on any atom is 0.314 e. The van der Waals surface area contributed by atoms with Gasteiger partial charge in [0, 0.05) is 25.2 Å². The van der Waals surface area contributed by atoms with Crippen molar-refractivity contribution in [1.29, 1.82) is 0 Å². The molecule has 1 unspecified atom stereocenters. The van der Waals surface area contributed by atoms with Crippen molar-refractivity contribution in [3.05, 3.63) is 60.2 Å². The van der Waals surface area contributed by atoms with Crippen molar-refractivity contribution in [3.8, 4) is 0 Å². The highest BCUT2D eigenvalue weighted by Crippen LogP contribution is 2.29. The number of rotatable bonds is 7. The molecule has 1 heterocycles. The summed E-state index contributed by atoms with van der Waals surface area (Å²) in [5, 5.41) is 12.3. The molecule has 2 N–H and O–H groups in total. The second kappa shape index (κ2) is 8.34. The van der Waals surface area contributed by atoms with Crippen LogP contribution in [0.2, 0.25) is 0 Å². The van der Waals surface area contributed by atoms with Crippen LogP contribution in [0.3, 0.4) is 0 Å². The van der Waals surface area contributed by atoms with Gasteiger partial charge in [-0.05, 0) is 49.6 Å². The average Bonchev–Trinajstić information content (AvgIpc) is 3.24. The van der Waals surface area contributed by atoms with Crippen LogP contribution in [0.4, 0.5) is 5.69 Å². The lowest BCUT2D eigenvalue weighted by atomic mass is 9.79. The van der Waals surface area contributed by atoms with Crippen molar-refractivity contribution in [2.45, 2.75) is 36.5 Å². The highest BCUT2D eigenvalue weighted by Gasteiger charge is 2.37. The van der Waals surface area contributed by atoms with Crippen LogP contribution in [0.1, 0.15) is 31.7 Å². The first kappa shape index (κ1) is 21.0. The molecule has 1 aliphatic rings. The van der Waals surface area contributed by atoms with E-state index in [-0.39, 0.29) is 11.3 Å². The minimum absolute atomic E-state index is 0.178. The number of aliphatic carboxylic acids is 1. The molecule has 1 aliphatic heterocycles. The quantitative estimate of drug-likeness (QED) is 0.722. The molecule has 1 saturated heterocycles. The third kappa shape index (κ3) is 4.49. The molecule has 0 aromatic heterocycles. The molecular weight excluding hydrogens is 392 g/mol. The fourth-order valence-electron chi connectivity index (χ4n) is 3.42. The molecule has 29 heavy (non-hydrogen) atoms. The van der Waals surface area contributed by atoms with E-state index in [4.69, 9.17) is 0 Å². The average molecular weight is 416 g/mol. The number of carbonyl (C=O) groups excluding carboxylic acids is 1. The summed E-state index contributed by atoms with van der Waals surface area (Å²) in [4.78, 5) is 24.5. The van der Waals surface area contributed by atoms with E-state index in [0.29, 0.717) is 24.3 Å². The number of nitrogens with zero attached hydrogens (tertiary/aromatic N) is 1. The number of hydrogen-bond donors (Lipinski definition) is 2. The van der Waals surface area contributed by atoms with Crippen molar-refractivity contribution in [1.82, 2.24) is 4.31 Å². The van der Waals surface area contributed by atoms with Gasteiger partial charge in [0.25, 0.3) is 0 Å². The van der Waals surface area contributed by atoms with E-state index in [1.54, 1.807) is 30.3 Å². The Kier molecular flexibility index (Phi) is 6.04. The second-order valence-corrected chi connectivity index (χ2v) is 9.30. The summed E-state index contributed by atoms with van der Waals surface area (Å²) >= 11 is 0. The Hall–Kier alpha value is -2.71. The number of nitrogens with one attached hydrogen (secondary N) is 1. The SMILES string of the molecule is CC(CC(=O)Nc1ccc(S(=O)(=O)N2CCCC2)cc1)(C(=O)O)c1ccccc1. The summed E-state index contributed by atoms with van der Waals surface area (Å²) in [6, 6.07) is 14.5. The van der Waals surface area contributed by atoms with Crippen LogP contribution in [-0.2, 0) is 25.0 Å². The first-order valence-electron chi connectivity index (χ1n) is 9.42. The van der Waals surface area contributed by atoms with E-state index in [9.17, 15) is 23.1 Å². The fourth-order valence-corrected chi connectivity index (χ4v) is 4.94. The van der Waals surface area contributed by atoms with Crippen LogP contribution in [0.25, 0.3) is 0 Å². The van der Waals surface area contributed by atoms with Crippen LogP contribution >= 0.6 is 0 Å². The predicted octanol–water partition coefficient (Wildman–Crippen LogP) is 2.84. The summed E-state index contributed by atoms with van der Waals surface area (Å²) in [6.07, 6.45) is 1.47. The molecule has 8 heteroatoms. The lowest BCUT2D eigenvalue weighted by Crippen LogP contribution is -2.36. The van der Waals surface area contributed by atoms with Crippen LogP contribution in [-0.4, -0.2) is 42.8 Å². The molecule has 1 amide bonds. The Morgan fingerprint density at radius 2 is 1.62 bits per heavy atom. The van der Waals surface area contributed by atoms with Crippen molar-refractivity contribution in [2.24, 2.45) is 0 Å². The number of benzene rings is 2. The zero-order chi connectivity index (χ0) is 21.1. The van der Waals surface area contributed by atoms with Crippen molar-refractivity contribution >= 4 is 27.6 Å². The van der Waals surface area contributed by atoms with Gasteiger partial charge in [-0.15, -0.1) is 0 Å². The third-order valence-electron chi connectivity index (χ3n) is 5.24. The molecule has 1 fully saturated rings. The van der Waals surface area contributed by atoms with Crippen LogP contribution in [0, 0.1) is 0 Å². The Balaban J connectivity index is 1.71. The largest absolute Gasteiger partial charge is 0.481 e. The van der Waals surface area contributed by atoms with Gasteiger partial charge in [-0.25, -0.2) is 8.42 Å². The number of sulfonamides is 1. The Bertz CT molecular complexity index is 983. The fraction of sp³-hybridized carbons (Fsp3) is 0.333. The van der Waals surface area contributed by atoms with E-state index >= 15 is 0 Å². The molecule has 1 atom stereocenters. The van der Waals surface area contributed by atoms with E-state index < -0.39 is 27.3 Å². The number of amides is 1. The molecule has 0 saturated carbocycles. The monoisotopic (exact) mass is 416 g/mol. The molecular formula is C21H24N2O5S. The standard InChI is InChI=1S/C21H24N2O5S/c1-21(20(25)26,16-7-3-2-4-8-16)15-19(24)22-17-9-11-18(12-10-17)29(27,28)23-13-5-6-14-23/h2-4,7-12H,5-6,13-15H2,1H3,(H,22,24)(H,25,26). The minimum Gasteiger partial charge on any atom is -0.481 e. The molecule has 7 nitrogen and oxygen atoms in total. The Labute approximate surface area is 170 Å². The van der Waals surface area contributed by atoms with Crippen molar-refractivity contribution in [3.63, 3.8) is 0 Å². The number of carboxylic acid groups (broad SMARTS) is 1. The summed E-state index contributed by atoms with van der Waals surface area (Å²) in [6.45, 7) is 2.55. The van der Waals surface area contributed by atoms with E-state index in [1.165, 1.54) is 35.5 Å². The van der Waals surface area contributed by atoms with Crippen molar-refractivity contribution in [2.75, 3.05) is 18.4 Å². The number of anilines is 1. The molecule has 0 radical (unpaired) electrons. The van der Waals surface area contributed by atoms with Gasteiger partial charge < -0.3 is 10.4 Å². The van der Waals surface area contributed by atoms with E-state index in [0.717, 1.165) is 12.8 Å². The third-order valence-corrected chi connectivity index (χ3v) is 7.15. The van der Waals surface area contributed by atoms with E-state index in [2.05, 4.69) is 5.32 Å². The summed E-state index contributed by atoms with van der Waals surface area (Å²) in [5.41, 5.74) is -0.421. The first-order valence-corrected chi connectivity index (χ1v) is 10.9. The first-order chi connectivity index (χ1) is 13.7. The topological polar surface area (TPSA) is 104 Å². The maximum atomic E-state index is 12.6. The molecule has 0 aliphatic carbocycles. The van der Waals surface area contributed by atoms with E-state index in [1.807, 2.05) is 0 Å². The van der Waals surface area contributed by atoms with Gasteiger partial charge in [0.2, 0.25) is 15.9 Å². The van der Waals surface area contributed by atoms with Gasteiger partial charge in [-0.1, -0.05) is 30.3 Å². The number of carboxylic acids is 1. The normalized spacial score (nSPS) is 16.9. The molecule has 2 aromatic rings.